The molecule has 3 rings (SSSR count). The van der Waals surface area contributed by atoms with Crippen LogP contribution in [0, 0.1) is 17.0 Å². The molecule has 0 saturated carbocycles. The summed E-state index contributed by atoms with van der Waals surface area (Å²) in [5.41, 5.74) is 4.94. The molecule has 0 aliphatic heterocycles. The van der Waals surface area contributed by atoms with E-state index in [1.54, 1.807) is 16.4 Å². The molecule has 29 heavy (non-hydrogen) atoms. The van der Waals surface area contributed by atoms with Crippen LogP contribution in [0.4, 0.5) is 11.4 Å². The Hall–Kier alpha value is -3.79. The number of anilines is 1. The summed E-state index contributed by atoms with van der Waals surface area (Å²) < 4.78 is 3.32. The van der Waals surface area contributed by atoms with Crippen LogP contribution in [0.5, 0.6) is 0 Å². The third kappa shape index (κ3) is 4.38. The average molecular weight is 410 g/mol. The maximum Gasteiger partial charge on any atom is 0.280 e. The van der Waals surface area contributed by atoms with Crippen LogP contribution in [0.1, 0.15) is 11.3 Å². The van der Waals surface area contributed by atoms with Crippen molar-refractivity contribution in [1.82, 2.24) is 14.8 Å². The Morgan fingerprint density at radius 1 is 1.17 bits per heavy atom. The van der Waals surface area contributed by atoms with Crippen molar-refractivity contribution in [1.29, 1.82) is 0 Å². The van der Waals surface area contributed by atoms with E-state index < -0.39 is 4.92 Å². The lowest BCUT2D eigenvalue weighted by molar-refractivity contribution is -0.384. The third-order valence-corrected chi connectivity index (χ3v) is 4.49. The highest BCUT2D eigenvalue weighted by Gasteiger charge is 2.14. The highest BCUT2D eigenvalue weighted by molar-refractivity contribution is 7.80. The van der Waals surface area contributed by atoms with Gasteiger partial charge >= 0.3 is 0 Å². The molecule has 0 aliphatic carbocycles. The van der Waals surface area contributed by atoms with Crippen LogP contribution < -0.4 is 16.3 Å². The Morgan fingerprint density at radius 2 is 1.83 bits per heavy atom. The number of thiocarbonyl (C=S) groups is 1. The molecule has 0 aliphatic rings. The van der Waals surface area contributed by atoms with Crippen LogP contribution in [0.2, 0.25) is 0 Å². The first-order valence-corrected chi connectivity index (χ1v) is 8.98. The van der Waals surface area contributed by atoms with Crippen LogP contribution in [-0.4, -0.2) is 25.6 Å². The Bertz CT molecular complexity index is 1130. The molecule has 3 aromatic rings. The molecule has 2 aromatic carbocycles. The molecule has 0 spiro atoms. The second kappa shape index (κ2) is 8.48. The van der Waals surface area contributed by atoms with Gasteiger partial charge in [-0.3, -0.25) is 25.0 Å². The first kappa shape index (κ1) is 20.0. The standard InChI is InChI=1S/C19H18N6O3S/c1-13-17(18(26)24(23(13)2)15-6-4-3-5-7-15)12-20-22-19(29)21-14-8-10-16(11-9-14)25(27)28/h3-12H,1-2H3,(H2,21,22,29)/b20-12+. The molecular weight excluding hydrogens is 392 g/mol. The molecule has 10 heteroatoms. The van der Waals surface area contributed by atoms with Gasteiger partial charge in [-0.25, -0.2) is 4.68 Å². The molecule has 0 saturated heterocycles. The monoisotopic (exact) mass is 410 g/mol. The van der Waals surface area contributed by atoms with Crippen LogP contribution in [0.15, 0.2) is 64.5 Å². The first-order valence-electron chi connectivity index (χ1n) is 8.57. The second-order valence-electron chi connectivity index (χ2n) is 6.10. The number of nitro benzene ring substituents is 1. The predicted octanol–water partition coefficient (Wildman–Crippen LogP) is 2.71. The van der Waals surface area contributed by atoms with Crippen LogP contribution >= 0.6 is 12.2 Å². The minimum Gasteiger partial charge on any atom is -0.331 e. The van der Waals surface area contributed by atoms with E-state index in [1.807, 2.05) is 37.3 Å². The lowest BCUT2D eigenvalue weighted by atomic mass is 10.3. The summed E-state index contributed by atoms with van der Waals surface area (Å²) >= 11 is 5.15. The van der Waals surface area contributed by atoms with E-state index in [9.17, 15) is 14.9 Å². The normalized spacial score (nSPS) is 10.8. The number of aromatic nitrogens is 2. The van der Waals surface area contributed by atoms with Gasteiger partial charge in [0.05, 0.1) is 22.4 Å². The largest absolute Gasteiger partial charge is 0.331 e. The van der Waals surface area contributed by atoms with Crippen molar-refractivity contribution in [3.63, 3.8) is 0 Å². The second-order valence-corrected chi connectivity index (χ2v) is 6.51. The molecule has 9 nitrogen and oxygen atoms in total. The molecule has 0 fully saturated rings. The quantitative estimate of drug-likeness (QED) is 0.290. The number of hydrazone groups is 1. The molecule has 2 N–H and O–H groups in total. The molecular formula is C19H18N6O3S. The van der Waals surface area contributed by atoms with Gasteiger partial charge in [0.25, 0.3) is 11.2 Å². The van der Waals surface area contributed by atoms with E-state index in [0.29, 0.717) is 11.3 Å². The molecule has 148 valence electrons. The molecule has 0 amide bonds. The van der Waals surface area contributed by atoms with Gasteiger partial charge in [-0.15, -0.1) is 0 Å². The Morgan fingerprint density at radius 3 is 2.45 bits per heavy atom. The zero-order valence-corrected chi connectivity index (χ0v) is 16.5. The zero-order valence-electron chi connectivity index (χ0n) is 15.7. The fourth-order valence-electron chi connectivity index (χ4n) is 2.72. The summed E-state index contributed by atoms with van der Waals surface area (Å²) in [6.45, 7) is 1.83. The van der Waals surface area contributed by atoms with Crippen molar-refractivity contribution in [3.05, 3.63) is 86.3 Å². The third-order valence-electron chi connectivity index (χ3n) is 4.29. The Balaban J connectivity index is 1.71. The van der Waals surface area contributed by atoms with Gasteiger partial charge in [0.1, 0.15) is 0 Å². The first-order chi connectivity index (χ1) is 13.9. The van der Waals surface area contributed by atoms with Gasteiger partial charge in [-0.2, -0.15) is 5.10 Å². The number of nitrogens with one attached hydrogen (secondary N) is 2. The highest BCUT2D eigenvalue weighted by atomic mass is 32.1. The van der Waals surface area contributed by atoms with Crippen LogP contribution in [-0.2, 0) is 7.05 Å². The zero-order chi connectivity index (χ0) is 21.0. The minimum atomic E-state index is -0.477. The van der Waals surface area contributed by atoms with E-state index in [1.165, 1.54) is 30.5 Å². The number of nitro groups is 1. The number of non-ortho nitro benzene ring substituents is 1. The van der Waals surface area contributed by atoms with Crippen molar-refractivity contribution in [2.24, 2.45) is 12.1 Å². The molecule has 0 bridgehead atoms. The van der Waals surface area contributed by atoms with Gasteiger partial charge in [0.15, 0.2) is 5.11 Å². The maximum absolute atomic E-state index is 12.8. The number of hydrogen-bond acceptors (Lipinski definition) is 5. The van der Waals surface area contributed by atoms with Crippen molar-refractivity contribution < 1.29 is 4.92 Å². The fourth-order valence-corrected chi connectivity index (χ4v) is 2.89. The highest BCUT2D eigenvalue weighted by Crippen LogP contribution is 2.15. The van der Waals surface area contributed by atoms with E-state index in [0.717, 1.165) is 11.4 Å². The van der Waals surface area contributed by atoms with Crippen molar-refractivity contribution in [2.75, 3.05) is 5.32 Å². The lowest BCUT2D eigenvalue weighted by Gasteiger charge is -2.07. The van der Waals surface area contributed by atoms with Gasteiger partial charge < -0.3 is 5.32 Å². The fraction of sp³-hybridized carbons (Fsp3) is 0.105. The number of hydrogen-bond donors (Lipinski definition) is 2. The van der Waals surface area contributed by atoms with E-state index in [4.69, 9.17) is 12.2 Å². The average Bonchev–Trinajstić information content (AvgIpc) is 2.92. The van der Waals surface area contributed by atoms with E-state index in [2.05, 4.69) is 15.8 Å². The number of para-hydroxylation sites is 1. The summed E-state index contributed by atoms with van der Waals surface area (Å²) in [6, 6.07) is 15.1. The maximum atomic E-state index is 12.8. The van der Waals surface area contributed by atoms with Gasteiger partial charge in [-0.1, -0.05) is 18.2 Å². The van der Waals surface area contributed by atoms with Gasteiger partial charge in [-0.05, 0) is 43.4 Å². The van der Waals surface area contributed by atoms with Crippen LogP contribution in [0.25, 0.3) is 5.69 Å². The molecule has 0 atom stereocenters. The molecule has 1 aromatic heterocycles. The van der Waals surface area contributed by atoms with Crippen LogP contribution in [0.3, 0.4) is 0 Å². The summed E-state index contributed by atoms with van der Waals surface area (Å²) in [6.07, 6.45) is 1.42. The number of benzene rings is 2. The van der Waals surface area contributed by atoms with Crippen molar-refractivity contribution in [2.45, 2.75) is 6.92 Å². The summed E-state index contributed by atoms with van der Waals surface area (Å²) in [7, 11) is 1.80. The Kier molecular flexibility index (Phi) is 5.84. The summed E-state index contributed by atoms with van der Waals surface area (Å²) in [4.78, 5) is 23.0. The summed E-state index contributed by atoms with van der Waals surface area (Å²) in [5.74, 6) is 0. The van der Waals surface area contributed by atoms with Crippen molar-refractivity contribution >= 4 is 34.9 Å². The van der Waals surface area contributed by atoms with E-state index in [-0.39, 0.29) is 16.4 Å². The number of rotatable bonds is 5. The molecule has 0 radical (unpaired) electrons. The van der Waals surface area contributed by atoms with Gasteiger partial charge in [0.2, 0.25) is 0 Å². The molecule has 0 unspecified atom stereocenters. The summed E-state index contributed by atoms with van der Waals surface area (Å²) in [5, 5.41) is 17.8. The Labute approximate surface area is 171 Å². The topological polar surface area (TPSA) is 106 Å². The lowest BCUT2D eigenvalue weighted by Crippen LogP contribution is -2.24. The number of nitrogens with zero attached hydrogens (tertiary/aromatic N) is 4. The van der Waals surface area contributed by atoms with Gasteiger partial charge in [0, 0.05) is 30.6 Å². The minimum absolute atomic E-state index is 0.0123. The molecule has 1 heterocycles. The van der Waals surface area contributed by atoms with Crippen molar-refractivity contribution in [3.8, 4) is 5.69 Å². The predicted molar refractivity (Wildman–Crippen MR) is 116 cm³/mol. The SMILES string of the molecule is Cc1c(/C=N/NC(=S)Nc2ccc([N+](=O)[O-])cc2)c(=O)n(-c2ccccc2)n1C. The smallest absolute Gasteiger partial charge is 0.280 e. The van der Waals surface area contributed by atoms with E-state index >= 15 is 0 Å².